The fraction of sp³-hybridized carbons (Fsp3) is 0.375. The first-order valence-electron chi connectivity index (χ1n) is 3.68. The maximum atomic E-state index is 11.1. The molecule has 12 heavy (non-hydrogen) atoms. The van der Waals surface area contributed by atoms with E-state index in [2.05, 4.69) is 5.32 Å². The third-order valence-corrected chi connectivity index (χ3v) is 1.34. The van der Waals surface area contributed by atoms with E-state index in [4.69, 9.17) is 9.52 Å². The Balaban J connectivity index is 2.40. The molecule has 66 valence electrons. The predicted molar refractivity (Wildman–Crippen MR) is 42.7 cm³/mol. The third kappa shape index (κ3) is 2.39. The lowest BCUT2D eigenvalue weighted by molar-refractivity contribution is 0.0923. The number of aliphatic hydroxyl groups excluding tert-OH is 1. The molecule has 0 aromatic carbocycles. The molecule has 0 radical (unpaired) electrons. The Hall–Kier alpha value is -1.29. The Morgan fingerprint density at radius 3 is 3.08 bits per heavy atom. The van der Waals surface area contributed by atoms with Gasteiger partial charge in [-0.25, -0.2) is 0 Å². The topological polar surface area (TPSA) is 62.5 Å². The molecule has 1 rings (SSSR count). The SMILES string of the molecule is C[C@@H](O)CNC(=O)c1ccoc1. The molecular formula is C8H11NO3. The van der Waals surface area contributed by atoms with E-state index in [0.29, 0.717) is 5.56 Å². The van der Waals surface area contributed by atoms with E-state index in [1.807, 2.05) is 0 Å². The predicted octanol–water partition coefficient (Wildman–Crippen LogP) is 0.390. The molecule has 4 nitrogen and oxygen atoms in total. The van der Waals surface area contributed by atoms with Crippen LogP contribution in [-0.4, -0.2) is 23.7 Å². The lowest BCUT2D eigenvalue weighted by atomic mass is 10.3. The van der Waals surface area contributed by atoms with E-state index < -0.39 is 6.10 Å². The van der Waals surface area contributed by atoms with Crippen molar-refractivity contribution in [2.75, 3.05) is 6.54 Å². The van der Waals surface area contributed by atoms with Crippen molar-refractivity contribution in [1.82, 2.24) is 5.32 Å². The van der Waals surface area contributed by atoms with Gasteiger partial charge >= 0.3 is 0 Å². The molecule has 0 aliphatic heterocycles. The standard InChI is InChI=1S/C8H11NO3/c1-6(10)4-9-8(11)7-2-3-12-5-7/h2-3,5-6,10H,4H2,1H3,(H,9,11)/t6-/m1/s1. The largest absolute Gasteiger partial charge is 0.472 e. The van der Waals surface area contributed by atoms with Gasteiger partial charge in [0.2, 0.25) is 0 Å². The quantitative estimate of drug-likeness (QED) is 0.688. The van der Waals surface area contributed by atoms with Gasteiger partial charge in [0, 0.05) is 6.54 Å². The van der Waals surface area contributed by atoms with E-state index >= 15 is 0 Å². The number of hydrogen-bond donors (Lipinski definition) is 2. The van der Waals surface area contributed by atoms with Crippen LogP contribution in [0.3, 0.4) is 0 Å². The normalized spacial score (nSPS) is 12.5. The molecule has 1 aromatic heterocycles. The molecule has 1 atom stereocenters. The molecule has 1 heterocycles. The van der Waals surface area contributed by atoms with Crippen molar-refractivity contribution >= 4 is 5.91 Å². The van der Waals surface area contributed by atoms with Crippen molar-refractivity contribution in [3.8, 4) is 0 Å². The van der Waals surface area contributed by atoms with Gasteiger partial charge in [0.15, 0.2) is 0 Å². The summed E-state index contributed by atoms with van der Waals surface area (Å²) < 4.78 is 4.72. The van der Waals surface area contributed by atoms with Crippen molar-refractivity contribution in [3.05, 3.63) is 24.2 Å². The molecule has 4 heteroatoms. The van der Waals surface area contributed by atoms with Crippen molar-refractivity contribution in [2.24, 2.45) is 0 Å². The fourth-order valence-corrected chi connectivity index (χ4v) is 0.736. The minimum absolute atomic E-state index is 0.232. The van der Waals surface area contributed by atoms with Crippen LogP contribution in [0.4, 0.5) is 0 Å². The van der Waals surface area contributed by atoms with Gasteiger partial charge in [-0.3, -0.25) is 4.79 Å². The summed E-state index contributed by atoms with van der Waals surface area (Å²) in [5.41, 5.74) is 0.468. The Morgan fingerprint density at radius 2 is 2.58 bits per heavy atom. The average Bonchev–Trinajstić information content (AvgIpc) is 2.51. The lowest BCUT2D eigenvalue weighted by Crippen LogP contribution is -2.30. The van der Waals surface area contributed by atoms with Crippen molar-refractivity contribution in [3.63, 3.8) is 0 Å². The number of carbonyl (C=O) groups is 1. The monoisotopic (exact) mass is 169 g/mol. The van der Waals surface area contributed by atoms with E-state index in [9.17, 15) is 4.79 Å². The molecule has 0 aliphatic rings. The number of hydrogen-bond acceptors (Lipinski definition) is 3. The molecule has 0 spiro atoms. The maximum Gasteiger partial charge on any atom is 0.254 e. The van der Waals surface area contributed by atoms with Gasteiger partial charge in [-0.1, -0.05) is 0 Å². The van der Waals surface area contributed by atoms with Gasteiger partial charge in [0.1, 0.15) is 6.26 Å². The summed E-state index contributed by atoms with van der Waals surface area (Å²) in [6.45, 7) is 1.86. The van der Waals surface area contributed by atoms with Crippen LogP contribution in [0.5, 0.6) is 0 Å². The van der Waals surface area contributed by atoms with Crippen LogP contribution in [-0.2, 0) is 0 Å². The maximum absolute atomic E-state index is 11.1. The zero-order valence-corrected chi connectivity index (χ0v) is 6.78. The summed E-state index contributed by atoms with van der Waals surface area (Å²) in [5, 5.41) is 11.4. The molecule has 0 unspecified atom stereocenters. The number of carbonyl (C=O) groups excluding carboxylic acids is 1. The Morgan fingerprint density at radius 1 is 1.83 bits per heavy atom. The minimum Gasteiger partial charge on any atom is -0.472 e. The first-order chi connectivity index (χ1) is 5.70. The van der Waals surface area contributed by atoms with Crippen LogP contribution < -0.4 is 5.32 Å². The minimum atomic E-state index is -0.527. The molecule has 0 saturated heterocycles. The highest BCUT2D eigenvalue weighted by molar-refractivity contribution is 5.93. The van der Waals surface area contributed by atoms with Crippen LogP contribution in [0, 0.1) is 0 Å². The van der Waals surface area contributed by atoms with Crippen LogP contribution in [0.15, 0.2) is 23.0 Å². The second-order valence-electron chi connectivity index (χ2n) is 2.57. The Labute approximate surface area is 70.2 Å². The molecule has 1 amide bonds. The second kappa shape index (κ2) is 3.92. The summed E-state index contributed by atoms with van der Waals surface area (Å²) in [7, 11) is 0. The summed E-state index contributed by atoms with van der Waals surface area (Å²) in [6, 6.07) is 1.57. The van der Waals surface area contributed by atoms with Gasteiger partial charge in [-0.2, -0.15) is 0 Å². The van der Waals surface area contributed by atoms with Crippen molar-refractivity contribution in [1.29, 1.82) is 0 Å². The van der Waals surface area contributed by atoms with Crippen LogP contribution in [0.25, 0.3) is 0 Å². The zero-order chi connectivity index (χ0) is 8.97. The summed E-state index contributed by atoms with van der Waals surface area (Å²) in [6.07, 6.45) is 2.26. The van der Waals surface area contributed by atoms with Crippen LogP contribution >= 0.6 is 0 Å². The van der Waals surface area contributed by atoms with Gasteiger partial charge in [-0.15, -0.1) is 0 Å². The van der Waals surface area contributed by atoms with Gasteiger partial charge in [-0.05, 0) is 13.0 Å². The summed E-state index contributed by atoms with van der Waals surface area (Å²) in [4.78, 5) is 11.1. The third-order valence-electron chi connectivity index (χ3n) is 1.34. The number of aliphatic hydroxyl groups is 1. The first-order valence-corrected chi connectivity index (χ1v) is 3.68. The first kappa shape index (κ1) is 8.80. The molecule has 0 bridgehead atoms. The number of rotatable bonds is 3. The fourth-order valence-electron chi connectivity index (χ4n) is 0.736. The van der Waals surface area contributed by atoms with Gasteiger partial charge < -0.3 is 14.8 Å². The molecular weight excluding hydrogens is 158 g/mol. The lowest BCUT2D eigenvalue weighted by Gasteiger charge is -2.04. The number of nitrogens with one attached hydrogen (secondary N) is 1. The average molecular weight is 169 g/mol. The van der Waals surface area contributed by atoms with E-state index in [1.165, 1.54) is 12.5 Å². The Bertz CT molecular complexity index is 241. The highest BCUT2D eigenvalue weighted by Gasteiger charge is 2.06. The summed E-state index contributed by atoms with van der Waals surface area (Å²) in [5.74, 6) is -0.232. The number of furan rings is 1. The molecule has 0 fully saturated rings. The van der Waals surface area contributed by atoms with E-state index in [-0.39, 0.29) is 12.5 Å². The zero-order valence-electron chi connectivity index (χ0n) is 6.78. The molecule has 2 N–H and O–H groups in total. The summed E-state index contributed by atoms with van der Waals surface area (Å²) >= 11 is 0. The molecule has 0 saturated carbocycles. The van der Waals surface area contributed by atoms with Crippen LogP contribution in [0.1, 0.15) is 17.3 Å². The van der Waals surface area contributed by atoms with Crippen molar-refractivity contribution < 1.29 is 14.3 Å². The molecule has 1 aromatic rings. The second-order valence-corrected chi connectivity index (χ2v) is 2.57. The van der Waals surface area contributed by atoms with Crippen LogP contribution in [0.2, 0.25) is 0 Å². The highest BCUT2D eigenvalue weighted by atomic mass is 16.3. The van der Waals surface area contributed by atoms with Crippen molar-refractivity contribution in [2.45, 2.75) is 13.0 Å². The van der Waals surface area contributed by atoms with Gasteiger partial charge in [0.05, 0.1) is 17.9 Å². The number of amides is 1. The molecule has 0 aliphatic carbocycles. The Kier molecular flexibility index (Phi) is 2.88. The van der Waals surface area contributed by atoms with Gasteiger partial charge in [0.25, 0.3) is 5.91 Å². The van der Waals surface area contributed by atoms with E-state index in [0.717, 1.165) is 0 Å². The smallest absolute Gasteiger partial charge is 0.254 e. The highest BCUT2D eigenvalue weighted by Crippen LogP contribution is 1.98. The van der Waals surface area contributed by atoms with E-state index in [1.54, 1.807) is 13.0 Å².